The molecule has 19 heavy (non-hydrogen) atoms. The number of nitrogens with one attached hydrogen (secondary N) is 1. The van der Waals surface area contributed by atoms with Gasteiger partial charge in [-0.2, -0.15) is 0 Å². The molecule has 2 rings (SSSR count). The highest BCUT2D eigenvalue weighted by Crippen LogP contribution is 1.98. The Morgan fingerprint density at radius 3 is 2.58 bits per heavy atom. The molecule has 1 aromatic carbocycles. The van der Waals surface area contributed by atoms with Gasteiger partial charge in [0.25, 0.3) is 5.91 Å². The van der Waals surface area contributed by atoms with Crippen molar-refractivity contribution in [1.82, 2.24) is 15.3 Å². The summed E-state index contributed by atoms with van der Waals surface area (Å²) in [6.07, 6.45) is 3.93. The minimum Gasteiger partial charge on any atom is -0.453 e. The van der Waals surface area contributed by atoms with Crippen molar-refractivity contribution in [2.24, 2.45) is 0 Å². The lowest BCUT2D eigenvalue weighted by Crippen LogP contribution is -2.30. The van der Waals surface area contributed by atoms with E-state index in [1.54, 1.807) is 18.5 Å². The lowest BCUT2D eigenvalue weighted by Gasteiger charge is -2.06. The van der Waals surface area contributed by atoms with Crippen LogP contribution in [-0.2, 0) is 11.2 Å². The third-order valence-electron chi connectivity index (χ3n) is 2.45. The fourth-order valence-corrected chi connectivity index (χ4v) is 1.53. The largest absolute Gasteiger partial charge is 0.453 e. The Morgan fingerprint density at radius 2 is 1.84 bits per heavy atom. The van der Waals surface area contributed by atoms with Crippen LogP contribution in [0.25, 0.3) is 0 Å². The van der Waals surface area contributed by atoms with Crippen LogP contribution in [0.3, 0.4) is 0 Å². The van der Waals surface area contributed by atoms with Crippen LogP contribution in [0.4, 0.5) is 0 Å². The van der Waals surface area contributed by atoms with Crippen molar-refractivity contribution in [3.05, 3.63) is 54.4 Å². The average Bonchev–Trinajstić information content (AvgIpc) is 2.47. The lowest BCUT2D eigenvalue weighted by atomic mass is 10.1. The standard InChI is InChI=1S/C14H15N3O2/c18-13(11-19-14-16-8-4-9-17-14)15-10-7-12-5-2-1-3-6-12/h1-6,8-9H,7,10-11H2,(H,15,18). The van der Waals surface area contributed by atoms with E-state index in [-0.39, 0.29) is 18.5 Å². The van der Waals surface area contributed by atoms with E-state index in [0.717, 1.165) is 6.42 Å². The highest BCUT2D eigenvalue weighted by molar-refractivity contribution is 5.77. The van der Waals surface area contributed by atoms with Gasteiger partial charge in [0.15, 0.2) is 6.61 Å². The van der Waals surface area contributed by atoms with Gasteiger partial charge in [0, 0.05) is 18.9 Å². The van der Waals surface area contributed by atoms with Gasteiger partial charge in [0.1, 0.15) is 0 Å². The molecule has 0 saturated carbocycles. The summed E-state index contributed by atoms with van der Waals surface area (Å²) in [7, 11) is 0. The van der Waals surface area contributed by atoms with Crippen molar-refractivity contribution in [3.63, 3.8) is 0 Å². The summed E-state index contributed by atoms with van der Waals surface area (Å²) in [6, 6.07) is 11.9. The fraction of sp³-hybridized carbons (Fsp3) is 0.214. The molecule has 1 heterocycles. The Labute approximate surface area is 111 Å². The number of nitrogens with zero attached hydrogens (tertiary/aromatic N) is 2. The van der Waals surface area contributed by atoms with Gasteiger partial charge < -0.3 is 10.1 Å². The molecule has 0 bridgehead atoms. The Bertz CT molecular complexity index is 503. The number of hydrogen-bond acceptors (Lipinski definition) is 4. The van der Waals surface area contributed by atoms with Crippen LogP contribution in [-0.4, -0.2) is 29.0 Å². The van der Waals surface area contributed by atoms with Gasteiger partial charge in [0.2, 0.25) is 0 Å². The van der Waals surface area contributed by atoms with E-state index in [1.165, 1.54) is 5.56 Å². The fourth-order valence-electron chi connectivity index (χ4n) is 1.53. The number of amides is 1. The number of carbonyl (C=O) groups excluding carboxylic acids is 1. The Balaban J connectivity index is 1.65. The Kier molecular flexibility index (Phi) is 4.87. The van der Waals surface area contributed by atoms with Crippen molar-refractivity contribution >= 4 is 5.91 Å². The molecule has 5 heteroatoms. The van der Waals surface area contributed by atoms with Crippen LogP contribution in [0.15, 0.2) is 48.8 Å². The molecule has 0 radical (unpaired) electrons. The maximum Gasteiger partial charge on any atom is 0.316 e. The lowest BCUT2D eigenvalue weighted by molar-refractivity contribution is -0.123. The molecule has 1 aromatic heterocycles. The summed E-state index contributed by atoms with van der Waals surface area (Å²) in [6.45, 7) is 0.515. The van der Waals surface area contributed by atoms with Gasteiger partial charge >= 0.3 is 6.01 Å². The molecule has 1 N–H and O–H groups in total. The zero-order valence-corrected chi connectivity index (χ0v) is 10.5. The van der Waals surface area contributed by atoms with E-state index in [9.17, 15) is 4.79 Å². The predicted octanol–water partition coefficient (Wildman–Crippen LogP) is 1.21. The maximum atomic E-state index is 11.5. The average molecular weight is 257 g/mol. The summed E-state index contributed by atoms with van der Waals surface area (Å²) < 4.78 is 5.14. The topological polar surface area (TPSA) is 64.1 Å². The Morgan fingerprint density at radius 1 is 1.11 bits per heavy atom. The van der Waals surface area contributed by atoms with Crippen LogP contribution >= 0.6 is 0 Å². The molecule has 0 unspecified atom stereocenters. The molecule has 0 saturated heterocycles. The highest BCUT2D eigenvalue weighted by atomic mass is 16.5. The first-order chi connectivity index (χ1) is 9.34. The second-order valence-corrected chi connectivity index (χ2v) is 3.91. The molecule has 1 amide bonds. The Hall–Kier alpha value is -2.43. The predicted molar refractivity (Wildman–Crippen MR) is 70.7 cm³/mol. The number of benzene rings is 1. The van der Waals surface area contributed by atoms with Gasteiger partial charge in [-0.15, -0.1) is 0 Å². The molecule has 0 atom stereocenters. The van der Waals surface area contributed by atoms with E-state index in [1.807, 2.05) is 30.3 Å². The summed E-state index contributed by atoms with van der Waals surface area (Å²) in [5.41, 5.74) is 1.19. The van der Waals surface area contributed by atoms with Gasteiger partial charge in [-0.3, -0.25) is 4.79 Å². The monoisotopic (exact) mass is 257 g/mol. The minimum atomic E-state index is -0.177. The van der Waals surface area contributed by atoms with Crippen molar-refractivity contribution in [1.29, 1.82) is 0 Å². The molecular formula is C14H15N3O2. The number of aromatic nitrogens is 2. The first-order valence-corrected chi connectivity index (χ1v) is 6.05. The number of carbonyl (C=O) groups is 1. The zero-order valence-electron chi connectivity index (χ0n) is 10.5. The van der Waals surface area contributed by atoms with Gasteiger partial charge in [-0.05, 0) is 18.1 Å². The van der Waals surface area contributed by atoms with Crippen molar-refractivity contribution in [3.8, 4) is 6.01 Å². The zero-order chi connectivity index (χ0) is 13.3. The molecule has 2 aromatic rings. The molecule has 0 aliphatic rings. The van der Waals surface area contributed by atoms with Crippen LogP contribution < -0.4 is 10.1 Å². The van der Waals surface area contributed by atoms with E-state index in [0.29, 0.717) is 6.54 Å². The van der Waals surface area contributed by atoms with Gasteiger partial charge in [-0.1, -0.05) is 30.3 Å². The summed E-state index contributed by atoms with van der Waals surface area (Å²) >= 11 is 0. The third-order valence-corrected chi connectivity index (χ3v) is 2.45. The first kappa shape index (κ1) is 13.0. The van der Waals surface area contributed by atoms with Crippen molar-refractivity contribution in [2.75, 3.05) is 13.2 Å². The first-order valence-electron chi connectivity index (χ1n) is 6.05. The highest BCUT2D eigenvalue weighted by Gasteiger charge is 2.03. The summed E-state index contributed by atoms with van der Waals surface area (Å²) in [5, 5.41) is 2.78. The van der Waals surface area contributed by atoms with Gasteiger partial charge in [-0.25, -0.2) is 9.97 Å². The quantitative estimate of drug-likeness (QED) is 0.845. The van der Waals surface area contributed by atoms with E-state index < -0.39 is 0 Å². The van der Waals surface area contributed by atoms with Crippen molar-refractivity contribution < 1.29 is 9.53 Å². The third kappa shape index (κ3) is 4.75. The molecule has 5 nitrogen and oxygen atoms in total. The van der Waals surface area contributed by atoms with Crippen LogP contribution in [0.2, 0.25) is 0 Å². The number of hydrogen-bond donors (Lipinski definition) is 1. The SMILES string of the molecule is O=C(COc1ncccn1)NCCc1ccccc1. The second-order valence-electron chi connectivity index (χ2n) is 3.91. The van der Waals surface area contributed by atoms with Crippen LogP contribution in [0.5, 0.6) is 6.01 Å². The minimum absolute atomic E-state index is 0.0706. The second kappa shape index (κ2) is 7.10. The molecule has 0 spiro atoms. The van der Waals surface area contributed by atoms with E-state index in [2.05, 4.69) is 15.3 Å². The summed E-state index contributed by atoms with van der Waals surface area (Å²) in [4.78, 5) is 19.2. The molecule has 0 fully saturated rings. The molecule has 0 aliphatic heterocycles. The summed E-state index contributed by atoms with van der Waals surface area (Å²) in [5.74, 6) is -0.177. The molecule has 0 aliphatic carbocycles. The molecule has 98 valence electrons. The normalized spacial score (nSPS) is 9.89. The smallest absolute Gasteiger partial charge is 0.316 e. The van der Waals surface area contributed by atoms with Crippen LogP contribution in [0.1, 0.15) is 5.56 Å². The number of ether oxygens (including phenoxy) is 1. The van der Waals surface area contributed by atoms with E-state index >= 15 is 0 Å². The maximum absolute atomic E-state index is 11.5. The van der Waals surface area contributed by atoms with Crippen LogP contribution in [0, 0.1) is 0 Å². The van der Waals surface area contributed by atoms with Crippen molar-refractivity contribution in [2.45, 2.75) is 6.42 Å². The van der Waals surface area contributed by atoms with Gasteiger partial charge in [0.05, 0.1) is 0 Å². The number of rotatable bonds is 6. The molecular weight excluding hydrogens is 242 g/mol. The van der Waals surface area contributed by atoms with E-state index in [4.69, 9.17) is 4.74 Å².